The van der Waals surface area contributed by atoms with E-state index in [2.05, 4.69) is 26.1 Å². The van der Waals surface area contributed by atoms with Crippen molar-refractivity contribution in [2.24, 2.45) is 16.1 Å². The first kappa shape index (κ1) is 21.6. The Balaban J connectivity index is 2.85. The zero-order valence-electron chi connectivity index (χ0n) is 13.7. The van der Waals surface area contributed by atoms with Gasteiger partial charge in [-0.1, -0.05) is 19.0 Å². The maximum absolute atomic E-state index is 13.3. The van der Waals surface area contributed by atoms with Crippen LogP contribution in [0.1, 0.15) is 20.3 Å². The first-order valence-electron chi connectivity index (χ1n) is 7.36. The van der Waals surface area contributed by atoms with Crippen LogP contribution in [-0.4, -0.2) is 44.0 Å². The smallest absolute Gasteiger partial charge is 0.182 e. The van der Waals surface area contributed by atoms with Crippen LogP contribution in [0.2, 0.25) is 0 Å². The van der Waals surface area contributed by atoms with E-state index in [-0.39, 0.29) is 32.7 Å². The van der Waals surface area contributed by atoms with Gasteiger partial charge in [0.25, 0.3) is 0 Å². The lowest BCUT2D eigenvalue weighted by atomic mass is 10.1. The number of oxime groups is 1. The number of benzene rings is 1. The minimum Gasteiger partial charge on any atom is -0.410 e. The molecule has 0 aromatic heterocycles. The van der Waals surface area contributed by atoms with Crippen molar-refractivity contribution in [3.63, 3.8) is 0 Å². The third-order valence-electron chi connectivity index (χ3n) is 3.22. The molecule has 0 bridgehead atoms. The molecule has 1 aromatic rings. The van der Waals surface area contributed by atoms with Crippen molar-refractivity contribution < 1.29 is 19.9 Å². The van der Waals surface area contributed by atoms with E-state index in [0.29, 0.717) is 12.2 Å². The Bertz CT molecular complexity index is 670. The van der Waals surface area contributed by atoms with Crippen LogP contribution >= 0.6 is 27.7 Å². The lowest BCUT2D eigenvalue weighted by molar-refractivity contribution is 0.123. The van der Waals surface area contributed by atoms with Gasteiger partial charge in [-0.2, -0.15) is 0 Å². The maximum atomic E-state index is 13.3. The fraction of sp³-hybridized carbons (Fsp3) is 0.400. The molecule has 0 amide bonds. The summed E-state index contributed by atoms with van der Waals surface area (Å²) in [5, 5.41) is 39.0. The first-order valence-corrected chi connectivity index (χ1v) is 9.14. The van der Waals surface area contributed by atoms with Crippen molar-refractivity contribution >= 4 is 50.0 Å². The van der Waals surface area contributed by atoms with Crippen LogP contribution < -0.4 is 5.48 Å². The van der Waals surface area contributed by atoms with E-state index in [1.165, 1.54) is 18.2 Å². The summed E-state index contributed by atoms with van der Waals surface area (Å²) < 4.78 is 13.4. The van der Waals surface area contributed by atoms with Gasteiger partial charge in [0.15, 0.2) is 11.5 Å². The molecule has 1 rings (SSSR count). The molecule has 0 aliphatic carbocycles. The number of nitrogens with one attached hydrogen (secondary N) is 2. The van der Waals surface area contributed by atoms with E-state index in [1.54, 1.807) is 5.48 Å². The number of aliphatic hydroxyl groups is 1. The van der Waals surface area contributed by atoms with Crippen LogP contribution in [0.5, 0.6) is 0 Å². The molecule has 0 radical (unpaired) electrons. The third-order valence-corrected chi connectivity index (χ3v) is 4.75. The van der Waals surface area contributed by atoms with Gasteiger partial charge in [0, 0.05) is 5.75 Å². The van der Waals surface area contributed by atoms with Crippen molar-refractivity contribution in [2.45, 2.75) is 26.4 Å². The fourth-order valence-electron chi connectivity index (χ4n) is 1.70. The molecular weight excluding hydrogens is 415 g/mol. The van der Waals surface area contributed by atoms with E-state index in [0.717, 1.165) is 11.8 Å². The molecule has 0 fully saturated rings. The van der Waals surface area contributed by atoms with Crippen molar-refractivity contribution in [1.29, 1.82) is 5.41 Å². The Hall–Kier alpha value is -1.49. The van der Waals surface area contributed by atoms with Gasteiger partial charge in [-0.05, 0) is 46.5 Å². The summed E-state index contributed by atoms with van der Waals surface area (Å²) in [4.78, 5) is 4.01. The number of aliphatic hydroxyl groups excluding tert-OH is 1. The lowest BCUT2D eigenvalue weighted by Gasteiger charge is -2.14. The molecule has 1 atom stereocenters. The van der Waals surface area contributed by atoms with E-state index in [4.69, 9.17) is 10.6 Å². The molecule has 5 N–H and O–H groups in total. The molecule has 7 nitrogen and oxygen atoms in total. The monoisotopic (exact) mass is 434 g/mol. The van der Waals surface area contributed by atoms with Gasteiger partial charge in [-0.15, -0.1) is 11.8 Å². The second-order valence-corrected chi connectivity index (χ2v) is 7.36. The number of halogens is 2. The molecular formula is C15H20BrFN4O3S. The molecule has 0 aliphatic heterocycles. The van der Waals surface area contributed by atoms with Crippen LogP contribution in [-0.2, 0) is 0 Å². The SMILES string of the molecule is CC(C)C(O)CCSC(=N)/C(=N\O)C(=Nc1ccc(F)c(Br)c1)NO. The molecule has 138 valence electrons. The summed E-state index contributed by atoms with van der Waals surface area (Å²) in [6.45, 7) is 3.78. The average Bonchev–Trinajstić information content (AvgIpc) is 2.57. The van der Waals surface area contributed by atoms with Crippen LogP contribution in [0.4, 0.5) is 10.1 Å². The van der Waals surface area contributed by atoms with Crippen molar-refractivity contribution in [2.75, 3.05) is 5.75 Å². The fourth-order valence-corrected chi connectivity index (χ4v) is 2.90. The predicted molar refractivity (Wildman–Crippen MR) is 101 cm³/mol. The second-order valence-electron chi connectivity index (χ2n) is 5.40. The molecule has 0 saturated heterocycles. The van der Waals surface area contributed by atoms with Gasteiger partial charge in [-0.3, -0.25) is 16.1 Å². The molecule has 25 heavy (non-hydrogen) atoms. The van der Waals surface area contributed by atoms with Crippen LogP contribution in [0, 0.1) is 17.1 Å². The van der Waals surface area contributed by atoms with Crippen LogP contribution in [0.3, 0.4) is 0 Å². The standard InChI is InChI=1S/C15H20BrFN4O3S/c1-8(2)12(22)5-6-25-14(18)13(20-23)15(21-24)19-9-3-4-11(17)10(16)7-9/h3-4,7-8,12,18,22-24H,5-6H2,1-2H3,(H,19,21)/b18-14?,20-13+. The molecule has 0 heterocycles. The van der Waals surface area contributed by atoms with Gasteiger partial charge in [0.1, 0.15) is 10.9 Å². The molecule has 1 aromatic carbocycles. The quantitative estimate of drug-likeness (QED) is 0.194. The molecule has 0 aliphatic rings. The number of nitrogens with zero attached hydrogens (tertiary/aromatic N) is 2. The van der Waals surface area contributed by atoms with Crippen molar-refractivity contribution in [3.8, 4) is 0 Å². The minimum atomic E-state index is -0.490. The van der Waals surface area contributed by atoms with Gasteiger partial charge in [-0.25, -0.2) is 9.38 Å². The highest BCUT2D eigenvalue weighted by atomic mass is 79.9. The number of hydroxylamine groups is 1. The van der Waals surface area contributed by atoms with Crippen molar-refractivity contribution in [3.05, 3.63) is 28.5 Å². The lowest BCUT2D eigenvalue weighted by Crippen LogP contribution is -2.33. The second kappa shape index (κ2) is 10.5. The van der Waals surface area contributed by atoms with Crippen molar-refractivity contribution in [1.82, 2.24) is 5.48 Å². The number of rotatable bonds is 7. The largest absolute Gasteiger partial charge is 0.410 e. The summed E-state index contributed by atoms with van der Waals surface area (Å²) in [5.74, 6) is -0.199. The number of hydrogen-bond acceptors (Lipinski definition) is 7. The van der Waals surface area contributed by atoms with Gasteiger partial charge in [0.2, 0.25) is 0 Å². The summed E-state index contributed by atoms with van der Waals surface area (Å²) in [6.07, 6.45) is -0.0247. The Morgan fingerprint density at radius 1 is 1.44 bits per heavy atom. The summed E-state index contributed by atoms with van der Waals surface area (Å²) in [7, 11) is 0. The van der Waals surface area contributed by atoms with Crippen LogP contribution in [0.15, 0.2) is 32.8 Å². The molecule has 1 unspecified atom stereocenters. The van der Waals surface area contributed by atoms with E-state index in [9.17, 15) is 14.7 Å². The number of aliphatic imine (C=N–C) groups is 1. The Morgan fingerprint density at radius 2 is 2.12 bits per heavy atom. The summed E-state index contributed by atoms with van der Waals surface area (Å²) in [5.41, 5.74) is 1.79. The minimum absolute atomic E-state index is 0.105. The Labute approximate surface area is 157 Å². The zero-order valence-corrected chi connectivity index (χ0v) is 16.1. The van der Waals surface area contributed by atoms with E-state index in [1.807, 2.05) is 13.8 Å². The third kappa shape index (κ3) is 6.73. The average molecular weight is 435 g/mol. The van der Waals surface area contributed by atoms with Gasteiger partial charge in [0.05, 0.1) is 16.3 Å². The number of thioether (sulfide) groups is 1. The van der Waals surface area contributed by atoms with Crippen LogP contribution in [0.25, 0.3) is 0 Å². The normalized spacial score (nSPS) is 13.9. The topological polar surface area (TPSA) is 121 Å². The highest BCUT2D eigenvalue weighted by Crippen LogP contribution is 2.22. The molecule has 0 saturated carbocycles. The Morgan fingerprint density at radius 3 is 2.64 bits per heavy atom. The van der Waals surface area contributed by atoms with E-state index < -0.39 is 11.9 Å². The van der Waals surface area contributed by atoms with E-state index >= 15 is 0 Å². The van der Waals surface area contributed by atoms with Gasteiger partial charge < -0.3 is 10.3 Å². The highest BCUT2D eigenvalue weighted by Gasteiger charge is 2.18. The van der Waals surface area contributed by atoms with Gasteiger partial charge >= 0.3 is 0 Å². The zero-order chi connectivity index (χ0) is 19.0. The molecule has 10 heteroatoms. The number of amidine groups is 1. The summed E-state index contributed by atoms with van der Waals surface area (Å²) >= 11 is 4.07. The highest BCUT2D eigenvalue weighted by molar-refractivity contribution is 9.10. The number of hydrogen-bond donors (Lipinski definition) is 5. The molecule has 0 spiro atoms. The Kier molecular flexibility index (Phi) is 9.04. The predicted octanol–water partition coefficient (Wildman–Crippen LogP) is 3.54. The maximum Gasteiger partial charge on any atom is 0.182 e. The summed E-state index contributed by atoms with van der Waals surface area (Å²) in [6, 6.07) is 3.92. The first-order chi connectivity index (χ1) is 11.8.